The van der Waals surface area contributed by atoms with E-state index in [9.17, 15) is 9.59 Å². The fraction of sp³-hybridized carbons (Fsp3) is 0.143. The molecule has 3 N–H and O–H groups in total. The Labute approximate surface area is 109 Å². The van der Waals surface area contributed by atoms with Crippen molar-refractivity contribution in [3.05, 3.63) is 46.2 Å². The number of rotatable bonds is 1. The molecule has 0 atom stereocenters. The molecule has 5 nitrogen and oxygen atoms in total. The Morgan fingerprint density at radius 3 is 2.68 bits per heavy atom. The van der Waals surface area contributed by atoms with Gasteiger partial charge in [0.2, 0.25) is 11.5 Å². The number of hydrogen-bond acceptors (Lipinski definition) is 3. The van der Waals surface area contributed by atoms with Crippen LogP contribution in [0.2, 0.25) is 0 Å². The Balaban J connectivity index is 2.11. The van der Waals surface area contributed by atoms with Gasteiger partial charge in [0.15, 0.2) is 0 Å². The van der Waals surface area contributed by atoms with Gasteiger partial charge < -0.3 is 15.6 Å². The number of benzene rings is 1. The first-order valence-electron chi connectivity index (χ1n) is 5.94. The first kappa shape index (κ1) is 11.5. The molecule has 1 aromatic heterocycles. The molecule has 1 amide bonds. The maximum atomic E-state index is 11.6. The van der Waals surface area contributed by atoms with Crippen LogP contribution >= 0.6 is 0 Å². The fourth-order valence-electron chi connectivity index (χ4n) is 2.38. The normalized spacial score (nSPS) is 13.7. The fourth-order valence-corrected chi connectivity index (χ4v) is 2.38. The van der Waals surface area contributed by atoms with Crippen LogP contribution in [0.25, 0.3) is 11.1 Å². The number of aromatic amines is 1. The summed E-state index contributed by atoms with van der Waals surface area (Å²) >= 11 is 0. The lowest BCUT2D eigenvalue weighted by Gasteiger charge is -2.10. The quantitative estimate of drug-likeness (QED) is 0.802. The van der Waals surface area contributed by atoms with Crippen molar-refractivity contribution in [2.45, 2.75) is 6.42 Å². The van der Waals surface area contributed by atoms with E-state index in [1.807, 2.05) is 18.2 Å². The van der Waals surface area contributed by atoms with Crippen LogP contribution in [0.3, 0.4) is 0 Å². The Kier molecular flexibility index (Phi) is 2.41. The number of anilines is 2. The average molecular weight is 255 g/mol. The lowest BCUT2D eigenvalue weighted by Crippen LogP contribution is -2.20. The van der Waals surface area contributed by atoms with E-state index < -0.39 is 0 Å². The van der Waals surface area contributed by atoms with Crippen LogP contribution in [0.5, 0.6) is 0 Å². The molecule has 1 aliphatic heterocycles. The zero-order valence-corrected chi connectivity index (χ0v) is 10.4. The number of pyridine rings is 1. The largest absolute Gasteiger partial charge is 0.385 e. The molecule has 0 fully saturated rings. The topological polar surface area (TPSA) is 79.2 Å². The predicted octanol–water partition coefficient (Wildman–Crippen LogP) is 1.14. The molecule has 1 aromatic carbocycles. The minimum absolute atomic E-state index is 0.0811. The van der Waals surface area contributed by atoms with E-state index in [1.165, 1.54) is 6.07 Å². The molecule has 3 rings (SSSR count). The molecule has 19 heavy (non-hydrogen) atoms. The van der Waals surface area contributed by atoms with Gasteiger partial charge in [-0.25, -0.2) is 0 Å². The van der Waals surface area contributed by atoms with Gasteiger partial charge in [-0.1, -0.05) is 6.07 Å². The third-order valence-electron chi connectivity index (χ3n) is 3.36. The number of carbonyl (C=O) groups is 1. The maximum Gasteiger partial charge on any atom is 0.250 e. The van der Waals surface area contributed by atoms with Crippen LogP contribution in [-0.2, 0) is 11.2 Å². The number of hydrogen-bond donors (Lipinski definition) is 2. The summed E-state index contributed by atoms with van der Waals surface area (Å²) in [6.45, 7) is 0. The monoisotopic (exact) mass is 255 g/mol. The molecule has 2 aromatic rings. The summed E-state index contributed by atoms with van der Waals surface area (Å²) < 4.78 is 0. The standard InChI is InChI=1S/C14H13N3O2/c1-17-11-3-2-8(4-10(11)7-14(17)19)9-5-12(15)16-13(18)6-9/h2-6H,7H2,1H3,(H3,15,16,18). The van der Waals surface area contributed by atoms with Crippen molar-refractivity contribution in [3.8, 4) is 11.1 Å². The summed E-state index contributed by atoms with van der Waals surface area (Å²) in [6, 6.07) is 8.93. The summed E-state index contributed by atoms with van der Waals surface area (Å²) in [5.74, 6) is 0.411. The number of nitrogen functional groups attached to an aromatic ring is 1. The van der Waals surface area contributed by atoms with Crippen molar-refractivity contribution in [1.82, 2.24) is 4.98 Å². The highest BCUT2D eigenvalue weighted by Gasteiger charge is 2.23. The lowest BCUT2D eigenvalue weighted by molar-refractivity contribution is -0.117. The zero-order chi connectivity index (χ0) is 13.6. The number of aromatic nitrogens is 1. The zero-order valence-electron chi connectivity index (χ0n) is 10.4. The van der Waals surface area contributed by atoms with Crippen molar-refractivity contribution in [3.63, 3.8) is 0 Å². The Hall–Kier alpha value is -2.56. The number of fused-ring (bicyclic) bond motifs is 1. The highest BCUT2D eigenvalue weighted by atomic mass is 16.2. The van der Waals surface area contributed by atoms with Gasteiger partial charge in [0.1, 0.15) is 5.82 Å². The molecule has 0 aliphatic carbocycles. The maximum absolute atomic E-state index is 11.6. The van der Waals surface area contributed by atoms with Crippen LogP contribution in [0.4, 0.5) is 11.5 Å². The van der Waals surface area contributed by atoms with E-state index in [2.05, 4.69) is 4.98 Å². The van der Waals surface area contributed by atoms with Gasteiger partial charge >= 0.3 is 0 Å². The van der Waals surface area contributed by atoms with Crippen molar-refractivity contribution >= 4 is 17.4 Å². The third-order valence-corrected chi connectivity index (χ3v) is 3.36. The lowest BCUT2D eigenvalue weighted by atomic mass is 10.0. The third kappa shape index (κ3) is 1.89. The second-order valence-corrected chi connectivity index (χ2v) is 4.66. The minimum atomic E-state index is -0.233. The van der Waals surface area contributed by atoms with E-state index >= 15 is 0 Å². The molecule has 0 unspecified atom stereocenters. The number of nitrogens with two attached hydrogens (primary N) is 1. The van der Waals surface area contributed by atoms with E-state index in [1.54, 1.807) is 18.0 Å². The molecule has 96 valence electrons. The molecule has 0 spiro atoms. The predicted molar refractivity (Wildman–Crippen MR) is 74.0 cm³/mol. The van der Waals surface area contributed by atoms with Crippen molar-refractivity contribution < 1.29 is 4.79 Å². The van der Waals surface area contributed by atoms with Gasteiger partial charge in [-0.3, -0.25) is 9.59 Å². The first-order valence-corrected chi connectivity index (χ1v) is 5.94. The van der Waals surface area contributed by atoms with Crippen LogP contribution in [0.1, 0.15) is 5.56 Å². The molecule has 5 heteroatoms. The molecule has 0 saturated carbocycles. The van der Waals surface area contributed by atoms with E-state index in [4.69, 9.17) is 5.73 Å². The van der Waals surface area contributed by atoms with Gasteiger partial charge in [-0.05, 0) is 34.9 Å². The van der Waals surface area contributed by atoms with E-state index in [-0.39, 0.29) is 11.5 Å². The second-order valence-electron chi connectivity index (χ2n) is 4.66. The minimum Gasteiger partial charge on any atom is -0.385 e. The molecule has 1 aliphatic rings. The summed E-state index contributed by atoms with van der Waals surface area (Å²) in [5.41, 5.74) is 8.95. The molecule has 0 saturated heterocycles. The van der Waals surface area contributed by atoms with Crippen LogP contribution in [-0.4, -0.2) is 17.9 Å². The number of nitrogens with zero attached hydrogens (tertiary/aromatic N) is 1. The summed E-state index contributed by atoms with van der Waals surface area (Å²) in [6.07, 6.45) is 0.401. The van der Waals surface area contributed by atoms with E-state index in [0.29, 0.717) is 12.2 Å². The molecular weight excluding hydrogens is 242 g/mol. The van der Waals surface area contributed by atoms with Crippen molar-refractivity contribution in [2.75, 3.05) is 17.7 Å². The number of amides is 1. The number of likely N-dealkylation sites (N-methyl/N-ethyl adjacent to an activating group) is 1. The van der Waals surface area contributed by atoms with Crippen LogP contribution in [0.15, 0.2) is 35.1 Å². The Morgan fingerprint density at radius 2 is 1.95 bits per heavy atom. The number of H-pyrrole nitrogens is 1. The highest BCUT2D eigenvalue weighted by molar-refractivity contribution is 6.01. The summed E-state index contributed by atoms with van der Waals surface area (Å²) in [7, 11) is 1.76. The number of carbonyl (C=O) groups excluding carboxylic acids is 1. The SMILES string of the molecule is CN1C(=O)Cc2cc(-c3cc(N)[nH]c(=O)c3)ccc21. The highest BCUT2D eigenvalue weighted by Crippen LogP contribution is 2.31. The average Bonchev–Trinajstić information content (AvgIpc) is 2.63. The van der Waals surface area contributed by atoms with Crippen molar-refractivity contribution in [1.29, 1.82) is 0 Å². The van der Waals surface area contributed by atoms with Crippen LogP contribution < -0.4 is 16.2 Å². The van der Waals surface area contributed by atoms with E-state index in [0.717, 1.165) is 22.4 Å². The summed E-state index contributed by atoms with van der Waals surface area (Å²) in [4.78, 5) is 27.2. The first-order chi connectivity index (χ1) is 9.04. The smallest absolute Gasteiger partial charge is 0.250 e. The second kappa shape index (κ2) is 3.98. The summed E-state index contributed by atoms with van der Waals surface area (Å²) in [5, 5.41) is 0. The molecule has 0 bridgehead atoms. The van der Waals surface area contributed by atoms with Gasteiger partial charge in [0.05, 0.1) is 6.42 Å². The van der Waals surface area contributed by atoms with Gasteiger partial charge in [0.25, 0.3) is 0 Å². The Morgan fingerprint density at radius 1 is 1.16 bits per heavy atom. The van der Waals surface area contributed by atoms with Crippen LogP contribution in [0, 0.1) is 0 Å². The van der Waals surface area contributed by atoms with Crippen molar-refractivity contribution in [2.24, 2.45) is 0 Å². The number of nitrogens with one attached hydrogen (secondary N) is 1. The molecular formula is C14H13N3O2. The van der Waals surface area contributed by atoms with Gasteiger partial charge in [-0.15, -0.1) is 0 Å². The molecule has 0 radical (unpaired) electrons. The van der Waals surface area contributed by atoms with Gasteiger partial charge in [-0.2, -0.15) is 0 Å². The van der Waals surface area contributed by atoms with Gasteiger partial charge in [0, 0.05) is 18.8 Å². The molecule has 2 heterocycles. The Bertz CT molecular complexity index is 734.